The van der Waals surface area contributed by atoms with E-state index in [1.165, 1.54) is 27.0 Å². The number of carbonyl (C=O) groups is 2. The Kier molecular flexibility index (Phi) is 8.16. The van der Waals surface area contributed by atoms with Crippen LogP contribution < -0.4 is 10.1 Å². The van der Waals surface area contributed by atoms with E-state index in [1.807, 2.05) is 0 Å². The minimum absolute atomic E-state index is 0.280. The van der Waals surface area contributed by atoms with Crippen LogP contribution in [0.5, 0.6) is 5.75 Å². The predicted octanol–water partition coefficient (Wildman–Crippen LogP) is 2.46. The van der Waals surface area contributed by atoms with Crippen molar-refractivity contribution in [3.05, 3.63) is 28.2 Å². The van der Waals surface area contributed by atoms with E-state index in [2.05, 4.69) is 5.32 Å². The van der Waals surface area contributed by atoms with E-state index in [4.69, 9.17) is 37.4 Å². The van der Waals surface area contributed by atoms with Crippen LogP contribution in [0.4, 0.5) is 0 Å². The zero-order valence-electron chi connectivity index (χ0n) is 13.1. The number of halogens is 2. The molecule has 1 N–H and O–H groups in total. The molecule has 1 aromatic carbocycles. The topological polar surface area (TPSA) is 73.9 Å². The molecule has 0 saturated carbocycles. The number of carbonyl (C=O) groups excluding carboxylic acids is 2. The Bertz CT molecular complexity index is 553. The van der Waals surface area contributed by atoms with Crippen molar-refractivity contribution in [1.82, 2.24) is 5.32 Å². The Labute approximate surface area is 145 Å². The van der Waals surface area contributed by atoms with Gasteiger partial charge >= 0.3 is 5.97 Å². The maximum atomic E-state index is 11.9. The number of methoxy groups -OCH3 is 1. The van der Waals surface area contributed by atoms with Crippen LogP contribution in [0.2, 0.25) is 10.0 Å². The number of hydrogen-bond donors (Lipinski definition) is 1. The fourth-order valence-electron chi connectivity index (χ4n) is 1.55. The Morgan fingerprint density at radius 1 is 1.22 bits per heavy atom. The minimum Gasteiger partial charge on any atom is -0.477 e. The van der Waals surface area contributed by atoms with E-state index >= 15 is 0 Å². The predicted molar refractivity (Wildman–Crippen MR) is 87.0 cm³/mol. The van der Waals surface area contributed by atoms with E-state index < -0.39 is 24.1 Å². The van der Waals surface area contributed by atoms with Crippen molar-refractivity contribution in [3.8, 4) is 5.75 Å². The van der Waals surface area contributed by atoms with E-state index in [1.54, 1.807) is 12.1 Å². The summed E-state index contributed by atoms with van der Waals surface area (Å²) < 4.78 is 15.3. The number of nitrogens with one attached hydrogen (secondary N) is 1. The maximum Gasteiger partial charge on any atom is 0.347 e. The number of ether oxygens (including phenoxy) is 3. The third-order valence-electron chi connectivity index (χ3n) is 2.80. The fraction of sp³-hybridized carbons (Fsp3) is 0.467. The second-order valence-electron chi connectivity index (χ2n) is 4.70. The number of hydrogen-bond acceptors (Lipinski definition) is 5. The molecule has 1 rings (SSSR count). The molecule has 2 atom stereocenters. The minimum atomic E-state index is -0.939. The standard InChI is InChI=1S/C15H19Cl2NO5/c1-9(14(19)18-6-7-21-3)23-15(20)10(2)22-13-5-4-11(16)8-12(13)17/h4-5,8-10H,6-7H2,1-3H3,(H,18,19)/t9-,10+/m1/s1. The van der Waals surface area contributed by atoms with Crippen LogP contribution in [-0.4, -0.2) is 44.3 Å². The second kappa shape index (κ2) is 9.60. The third-order valence-corrected chi connectivity index (χ3v) is 3.33. The molecule has 0 aliphatic heterocycles. The Morgan fingerprint density at radius 2 is 1.91 bits per heavy atom. The van der Waals surface area contributed by atoms with Crippen LogP contribution in [0.25, 0.3) is 0 Å². The van der Waals surface area contributed by atoms with Crippen LogP contribution in [0.3, 0.4) is 0 Å². The lowest BCUT2D eigenvalue weighted by Crippen LogP contribution is -2.39. The van der Waals surface area contributed by atoms with Gasteiger partial charge in [0.1, 0.15) is 5.75 Å². The normalized spacial score (nSPS) is 13.1. The second-order valence-corrected chi connectivity index (χ2v) is 5.54. The van der Waals surface area contributed by atoms with Gasteiger partial charge in [0.05, 0.1) is 11.6 Å². The molecule has 0 unspecified atom stereocenters. The van der Waals surface area contributed by atoms with E-state index in [0.717, 1.165) is 0 Å². The smallest absolute Gasteiger partial charge is 0.347 e. The van der Waals surface area contributed by atoms with Gasteiger partial charge in [-0.1, -0.05) is 23.2 Å². The van der Waals surface area contributed by atoms with Crippen molar-refractivity contribution >= 4 is 35.1 Å². The molecule has 0 bridgehead atoms. The summed E-state index contributed by atoms with van der Waals surface area (Å²) in [6.07, 6.45) is -1.87. The molecule has 6 nitrogen and oxygen atoms in total. The quantitative estimate of drug-likeness (QED) is 0.567. The summed E-state index contributed by atoms with van der Waals surface area (Å²) in [4.78, 5) is 23.7. The third kappa shape index (κ3) is 6.64. The lowest BCUT2D eigenvalue weighted by atomic mass is 10.3. The zero-order chi connectivity index (χ0) is 17.4. The summed E-state index contributed by atoms with van der Waals surface area (Å²) >= 11 is 11.8. The summed E-state index contributed by atoms with van der Waals surface area (Å²) in [5.74, 6) is -0.782. The molecular formula is C15H19Cl2NO5. The average Bonchev–Trinajstić information content (AvgIpc) is 2.49. The number of amides is 1. The molecule has 0 saturated heterocycles. The highest BCUT2D eigenvalue weighted by Crippen LogP contribution is 2.28. The average molecular weight is 364 g/mol. The van der Waals surface area contributed by atoms with E-state index in [-0.39, 0.29) is 5.02 Å². The Hall–Kier alpha value is -1.50. The molecule has 23 heavy (non-hydrogen) atoms. The first kappa shape index (κ1) is 19.5. The van der Waals surface area contributed by atoms with Crippen molar-refractivity contribution in [2.75, 3.05) is 20.3 Å². The summed E-state index contributed by atoms with van der Waals surface area (Å²) in [6.45, 7) is 3.69. The number of rotatable bonds is 8. The molecule has 0 aliphatic rings. The van der Waals surface area contributed by atoms with Crippen molar-refractivity contribution in [3.63, 3.8) is 0 Å². The zero-order valence-corrected chi connectivity index (χ0v) is 14.6. The number of benzene rings is 1. The monoisotopic (exact) mass is 363 g/mol. The lowest BCUT2D eigenvalue weighted by Gasteiger charge is -2.18. The van der Waals surface area contributed by atoms with Gasteiger partial charge < -0.3 is 19.5 Å². The van der Waals surface area contributed by atoms with Crippen molar-refractivity contribution in [2.24, 2.45) is 0 Å². The van der Waals surface area contributed by atoms with Gasteiger partial charge in [-0.05, 0) is 32.0 Å². The van der Waals surface area contributed by atoms with Gasteiger partial charge in [0.2, 0.25) is 0 Å². The van der Waals surface area contributed by atoms with Crippen LogP contribution >= 0.6 is 23.2 Å². The van der Waals surface area contributed by atoms with Crippen molar-refractivity contribution in [2.45, 2.75) is 26.1 Å². The summed E-state index contributed by atoms with van der Waals surface area (Å²) in [6, 6.07) is 4.64. The van der Waals surface area contributed by atoms with Gasteiger partial charge in [0.15, 0.2) is 12.2 Å². The molecule has 0 heterocycles. The van der Waals surface area contributed by atoms with Gasteiger partial charge in [-0.2, -0.15) is 0 Å². The van der Waals surface area contributed by atoms with Crippen molar-refractivity contribution < 1.29 is 23.8 Å². The molecule has 8 heteroatoms. The molecule has 0 aromatic heterocycles. The molecule has 0 aliphatic carbocycles. The van der Waals surface area contributed by atoms with Crippen LogP contribution in [0.1, 0.15) is 13.8 Å². The van der Waals surface area contributed by atoms with Crippen LogP contribution in [-0.2, 0) is 19.1 Å². The van der Waals surface area contributed by atoms with Gasteiger partial charge in [-0.15, -0.1) is 0 Å². The highest BCUT2D eigenvalue weighted by molar-refractivity contribution is 6.35. The Balaban J connectivity index is 2.51. The molecule has 0 radical (unpaired) electrons. The van der Waals surface area contributed by atoms with Gasteiger partial charge in [-0.25, -0.2) is 4.79 Å². The molecule has 0 spiro atoms. The Morgan fingerprint density at radius 3 is 2.52 bits per heavy atom. The molecular weight excluding hydrogens is 345 g/mol. The van der Waals surface area contributed by atoms with Crippen LogP contribution in [0, 0.1) is 0 Å². The largest absolute Gasteiger partial charge is 0.477 e. The van der Waals surface area contributed by atoms with Gasteiger partial charge in [0.25, 0.3) is 5.91 Å². The van der Waals surface area contributed by atoms with Crippen LogP contribution in [0.15, 0.2) is 18.2 Å². The summed E-state index contributed by atoms with van der Waals surface area (Å²) in [5, 5.41) is 3.31. The molecule has 1 amide bonds. The first-order valence-corrected chi connectivity index (χ1v) is 7.69. The highest BCUT2D eigenvalue weighted by atomic mass is 35.5. The molecule has 1 aromatic rings. The number of esters is 1. The van der Waals surface area contributed by atoms with E-state index in [0.29, 0.717) is 23.9 Å². The first-order chi connectivity index (χ1) is 10.8. The van der Waals surface area contributed by atoms with E-state index in [9.17, 15) is 9.59 Å². The fourth-order valence-corrected chi connectivity index (χ4v) is 2.01. The molecule has 0 fully saturated rings. The lowest BCUT2D eigenvalue weighted by molar-refractivity contribution is -0.160. The highest BCUT2D eigenvalue weighted by Gasteiger charge is 2.23. The first-order valence-electron chi connectivity index (χ1n) is 6.94. The van der Waals surface area contributed by atoms with Crippen molar-refractivity contribution in [1.29, 1.82) is 0 Å². The summed E-state index contributed by atoms with van der Waals surface area (Å²) in [5.41, 5.74) is 0. The summed E-state index contributed by atoms with van der Waals surface area (Å²) in [7, 11) is 1.52. The molecule has 128 valence electrons. The SMILES string of the molecule is COCCNC(=O)[C@@H](C)OC(=O)[C@H](C)Oc1ccc(Cl)cc1Cl. The van der Waals surface area contributed by atoms with Gasteiger partial charge in [-0.3, -0.25) is 4.79 Å². The maximum absolute atomic E-state index is 11.9. The van der Waals surface area contributed by atoms with Gasteiger partial charge in [0, 0.05) is 18.7 Å².